The minimum absolute atomic E-state index is 0. The first-order valence-corrected chi connectivity index (χ1v) is 14.7. The second-order valence-corrected chi connectivity index (χ2v) is 12.8. The Balaban J connectivity index is 0.00000400. The lowest BCUT2D eigenvalue weighted by Crippen LogP contribution is -3.00. The molecule has 1 aliphatic carbocycles. The van der Waals surface area contributed by atoms with Crippen LogP contribution >= 0.6 is 7.26 Å². The van der Waals surface area contributed by atoms with Crippen molar-refractivity contribution in [2.24, 2.45) is 0 Å². The molecule has 0 unspecified atom stereocenters. The van der Waals surface area contributed by atoms with Crippen LogP contribution in [0.4, 0.5) is 0 Å². The molecule has 198 valence electrons. The molecular formula is C32H34IO4P. The number of carbonyl (C=O) groups excluding carboxylic acids is 2. The number of carbonyl (C=O) groups is 2. The quantitative estimate of drug-likeness (QED) is 0.140. The summed E-state index contributed by atoms with van der Waals surface area (Å²) in [6.45, 7) is 1.71. The molecular weight excluding hydrogens is 606 g/mol. The summed E-state index contributed by atoms with van der Waals surface area (Å²) in [6, 6.07) is 32.6. The van der Waals surface area contributed by atoms with Crippen LogP contribution in [0.3, 0.4) is 0 Å². The van der Waals surface area contributed by atoms with Gasteiger partial charge in [0.15, 0.2) is 0 Å². The summed E-state index contributed by atoms with van der Waals surface area (Å²) in [5.74, 6) is -0.500. The van der Waals surface area contributed by atoms with Gasteiger partial charge in [-0.2, -0.15) is 0 Å². The zero-order chi connectivity index (χ0) is 26.3. The first kappa shape index (κ1) is 29.8. The normalized spacial score (nSPS) is 13.9. The second-order valence-electron chi connectivity index (χ2n) is 9.18. The first-order chi connectivity index (χ1) is 18.0. The van der Waals surface area contributed by atoms with Gasteiger partial charge in [-0.05, 0) is 69.0 Å². The number of hydrogen-bond acceptors (Lipinski definition) is 4. The molecule has 0 spiro atoms. The van der Waals surface area contributed by atoms with Crippen molar-refractivity contribution < 1.29 is 43.0 Å². The number of rotatable bonds is 11. The third kappa shape index (κ3) is 5.94. The molecule has 0 amide bonds. The van der Waals surface area contributed by atoms with Gasteiger partial charge in [-0.15, -0.1) is 0 Å². The van der Waals surface area contributed by atoms with Crippen LogP contribution in [0.5, 0.6) is 0 Å². The molecule has 0 saturated heterocycles. The standard InChI is InChI=1S/C32H34O4P.HI/c1-24-28(30(34)32(36-3)31(35-2)29(24)33)22-14-7-15-23-37(25-16-8-4-9-17-25,26-18-10-5-11-19-26)27-20-12-6-13-21-27;/h4-6,8-13,16-21H,7,14-15,22-23H2,1-3H3;1H/q+1;/p-1. The molecule has 1 aliphatic rings. The van der Waals surface area contributed by atoms with Crippen LogP contribution in [0, 0.1) is 0 Å². The maximum Gasteiger partial charge on any atom is 0.228 e. The van der Waals surface area contributed by atoms with Gasteiger partial charge in [-0.25, -0.2) is 0 Å². The third-order valence-corrected chi connectivity index (χ3v) is 11.6. The van der Waals surface area contributed by atoms with Crippen molar-refractivity contribution in [1.29, 1.82) is 0 Å². The van der Waals surface area contributed by atoms with Crippen LogP contribution in [-0.2, 0) is 19.1 Å². The number of ether oxygens (including phenoxy) is 2. The fourth-order valence-electron chi connectivity index (χ4n) is 5.20. The third-order valence-electron chi connectivity index (χ3n) is 7.11. The Bertz CT molecular complexity index is 1200. The Morgan fingerprint density at radius 2 is 1.03 bits per heavy atom. The van der Waals surface area contributed by atoms with Gasteiger partial charge in [-0.3, -0.25) is 9.59 Å². The van der Waals surface area contributed by atoms with Crippen LogP contribution in [0.1, 0.15) is 32.6 Å². The number of hydrogen-bond donors (Lipinski definition) is 0. The number of allylic oxidation sites excluding steroid dienone is 2. The summed E-state index contributed by atoms with van der Waals surface area (Å²) < 4.78 is 10.4. The van der Waals surface area contributed by atoms with Gasteiger partial charge < -0.3 is 33.5 Å². The molecule has 4 rings (SSSR count). The molecule has 6 heteroatoms. The number of unbranched alkanes of at least 4 members (excludes halogenated alkanes) is 2. The number of halogens is 1. The number of benzene rings is 3. The molecule has 0 atom stereocenters. The highest BCUT2D eigenvalue weighted by Crippen LogP contribution is 2.56. The summed E-state index contributed by atoms with van der Waals surface area (Å²) >= 11 is 0. The minimum atomic E-state index is -1.86. The molecule has 0 heterocycles. The Labute approximate surface area is 243 Å². The molecule has 3 aromatic rings. The SMILES string of the molecule is COC1=C(OC)C(=O)C(CCCCC[P+](c2ccccc2)(c2ccccc2)c2ccccc2)=C(C)C1=O.[I-]. The maximum absolute atomic E-state index is 13.0. The molecule has 0 bridgehead atoms. The van der Waals surface area contributed by atoms with E-state index in [1.165, 1.54) is 30.1 Å². The van der Waals surface area contributed by atoms with Crippen molar-refractivity contribution in [1.82, 2.24) is 0 Å². The smallest absolute Gasteiger partial charge is 0.228 e. The molecule has 38 heavy (non-hydrogen) atoms. The Hall–Kier alpha value is -2.76. The van der Waals surface area contributed by atoms with E-state index in [-0.39, 0.29) is 47.1 Å². The van der Waals surface area contributed by atoms with Crippen molar-refractivity contribution >= 4 is 34.7 Å². The van der Waals surface area contributed by atoms with E-state index in [1.54, 1.807) is 6.92 Å². The van der Waals surface area contributed by atoms with Crippen molar-refractivity contribution in [3.63, 3.8) is 0 Å². The topological polar surface area (TPSA) is 52.6 Å². The molecule has 0 N–H and O–H groups in total. The molecule has 0 aromatic heterocycles. The van der Waals surface area contributed by atoms with Crippen molar-refractivity contribution in [2.45, 2.75) is 32.6 Å². The van der Waals surface area contributed by atoms with Gasteiger partial charge in [0.1, 0.15) is 23.2 Å². The summed E-state index contributed by atoms with van der Waals surface area (Å²) in [5.41, 5.74) is 1.00. The molecule has 0 saturated carbocycles. The Kier molecular flexibility index (Phi) is 10.9. The van der Waals surface area contributed by atoms with Crippen LogP contribution in [-0.4, -0.2) is 31.9 Å². The first-order valence-electron chi connectivity index (χ1n) is 12.7. The number of ketones is 2. The second kappa shape index (κ2) is 13.9. The van der Waals surface area contributed by atoms with E-state index in [0.29, 0.717) is 17.6 Å². The number of methoxy groups -OCH3 is 2. The Morgan fingerprint density at radius 1 is 0.605 bits per heavy atom. The minimum Gasteiger partial charge on any atom is -1.00 e. The van der Waals surface area contributed by atoms with Gasteiger partial charge in [0, 0.05) is 11.1 Å². The zero-order valence-electron chi connectivity index (χ0n) is 22.2. The highest BCUT2D eigenvalue weighted by atomic mass is 127. The van der Waals surface area contributed by atoms with Gasteiger partial charge in [0.2, 0.25) is 23.1 Å². The lowest BCUT2D eigenvalue weighted by atomic mass is 9.89. The lowest BCUT2D eigenvalue weighted by molar-refractivity contribution is -0.121. The van der Waals surface area contributed by atoms with E-state index in [2.05, 4.69) is 91.0 Å². The van der Waals surface area contributed by atoms with Crippen molar-refractivity contribution in [3.8, 4) is 0 Å². The Morgan fingerprint density at radius 3 is 1.45 bits per heavy atom. The van der Waals surface area contributed by atoms with Crippen molar-refractivity contribution in [2.75, 3.05) is 20.4 Å². The van der Waals surface area contributed by atoms with E-state index in [1.807, 2.05) is 0 Å². The molecule has 0 fully saturated rings. The highest BCUT2D eigenvalue weighted by Gasteiger charge is 2.44. The van der Waals surface area contributed by atoms with Gasteiger partial charge >= 0.3 is 0 Å². The number of Topliss-reactive ketones (excluding diaryl/α,β-unsaturated/α-hetero) is 2. The zero-order valence-corrected chi connectivity index (χ0v) is 25.2. The fraction of sp³-hybridized carbons (Fsp3) is 0.250. The molecule has 0 radical (unpaired) electrons. The molecule has 3 aromatic carbocycles. The maximum atomic E-state index is 13.0. The van der Waals surface area contributed by atoms with E-state index < -0.39 is 7.26 Å². The predicted octanol–water partition coefficient (Wildman–Crippen LogP) is 2.52. The van der Waals surface area contributed by atoms with Crippen molar-refractivity contribution in [3.05, 3.63) is 114 Å². The average Bonchev–Trinajstić information content (AvgIpc) is 2.95. The van der Waals surface area contributed by atoms with E-state index in [4.69, 9.17) is 9.47 Å². The van der Waals surface area contributed by atoms with Crippen LogP contribution in [0.25, 0.3) is 0 Å². The van der Waals surface area contributed by atoms with Crippen LogP contribution in [0.2, 0.25) is 0 Å². The highest BCUT2D eigenvalue weighted by molar-refractivity contribution is 7.95. The summed E-state index contributed by atoms with van der Waals surface area (Å²) in [7, 11) is 0.925. The molecule has 4 nitrogen and oxygen atoms in total. The fourth-order valence-corrected chi connectivity index (χ4v) is 9.61. The van der Waals surface area contributed by atoms with E-state index in [9.17, 15) is 9.59 Å². The summed E-state index contributed by atoms with van der Waals surface area (Å²) in [5, 5.41) is 4.13. The van der Waals surface area contributed by atoms with Gasteiger partial charge in [0.05, 0.1) is 20.4 Å². The monoisotopic (exact) mass is 640 g/mol. The van der Waals surface area contributed by atoms with Crippen LogP contribution in [0.15, 0.2) is 114 Å². The average molecular weight is 640 g/mol. The van der Waals surface area contributed by atoms with Gasteiger partial charge in [0.25, 0.3) is 0 Å². The van der Waals surface area contributed by atoms with Gasteiger partial charge in [-0.1, -0.05) is 54.6 Å². The largest absolute Gasteiger partial charge is 1.00 e. The lowest BCUT2D eigenvalue weighted by Gasteiger charge is -2.27. The molecule has 0 aliphatic heterocycles. The summed E-state index contributed by atoms with van der Waals surface area (Å²) in [6.07, 6.45) is 4.37. The summed E-state index contributed by atoms with van der Waals surface area (Å²) in [4.78, 5) is 25.7. The van der Waals surface area contributed by atoms with E-state index in [0.717, 1.165) is 25.4 Å². The van der Waals surface area contributed by atoms with E-state index >= 15 is 0 Å². The predicted molar refractivity (Wildman–Crippen MR) is 152 cm³/mol. The van der Waals surface area contributed by atoms with Crippen LogP contribution < -0.4 is 39.9 Å².